The molecular formula is C15H15F2N3O2. The minimum absolute atomic E-state index is 0.0752. The van der Waals surface area contributed by atoms with Crippen molar-refractivity contribution in [1.29, 1.82) is 0 Å². The van der Waals surface area contributed by atoms with Gasteiger partial charge in [-0.15, -0.1) is 0 Å². The van der Waals surface area contributed by atoms with Crippen molar-refractivity contribution in [1.82, 2.24) is 14.7 Å². The molecule has 0 aliphatic carbocycles. The fourth-order valence-electron chi connectivity index (χ4n) is 2.51. The molecule has 1 amide bonds. The second-order valence-corrected chi connectivity index (χ2v) is 5.10. The molecule has 3 rings (SSSR count). The summed E-state index contributed by atoms with van der Waals surface area (Å²) in [6.45, 7) is -0.169. The van der Waals surface area contributed by atoms with E-state index in [0.29, 0.717) is 22.6 Å². The van der Waals surface area contributed by atoms with Crippen molar-refractivity contribution in [3.8, 4) is 0 Å². The summed E-state index contributed by atoms with van der Waals surface area (Å²) in [5, 5.41) is 3.93. The normalized spacial score (nSPS) is 16.2. The van der Waals surface area contributed by atoms with Crippen LogP contribution in [0.5, 0.6) is 0 Å². The Labute approximate surface area is 126 Å². The first-order valence-corrected chi connectivity index (χ1v) is 6.87. The molecule has 2 aromatic rings. The summed E-state index contributed by atoms with van der Waals surface area (Å²) in [6, 6.07) is 4.55. The van der Waals surface area contributed by atoms with E-state index in [1.807, 2.05) is 0 Å². The Hall–Kier alpha value is -2.44. The van der Waals surface area contributed by atoms with Crippen molar-refractivity contribution in [2.45, 2.75) is 19.1 Å². The van der Waals surface area contributed by atoms with Crippen molar-refractivity contribution in [3.05, 3.63) is 53.3 Å². The number of ether oxygens (including phenoxy) is 1. The van der Waals surface area contributed by atoms with Crippen LogP contribution in [0, 0.1) is 0 Å². The second kappa shape index (κ2) is 5.40. The molecule has 0 atom stereocenters. The van der Waals surface area contributed by atoms with Gasteiger partial charge in [-0.25, -0.2) is 9.69 Å². The fourth-order valence-corrected chi connectivity index (χ4v) is 2.51. The molecule has 2 heterocycles. The van der Waals surface area contributed by atoms with E-state index in [0.717, 1.165) is 0 Å². The summed E-state index contributed by atoms with van der Waals surface area (Å²) in [5.74, 6) is 0. The molecule has 0 radical (unpaired) electrons. The minimum atomic E-state index is -3.36. The van der Waals surface area contributed by atoms with Gasteiger partial charge in [-0.1, -0.05) is 24.3 Å². The molecule has 22 heavy (non-hydrogen) atoms. The first kappa shape index (κ1) is 14.5. The van der Waals surface area contributed by atoms with Gasteiger partial charge in [0.15, 0.2) is 0 Å². The number of halogens is 2. The number of hydrogen-bond acceptors (Lipinski definition) is 3. The van der Waals surface area contributed by atoms with Crippen molar-refractivity contribution < 1.29 is 18.3 Å². The lowest BCUT2D eigenvalue weighted by atomic mass is 9.98. The van der Waals surface area contributed by atoms with E-state index in [2.05, 4.69) is 5.10 Å². The molecule has 116 valence electrons. The van der Waals surface area contributed by atoms with Crippen LogP contribution in [0.15, 0.2) is 36.5 Å². The molecule has 0 N–H and O–H groups in total. The minimum Gasteiger partial charge on any atom is -0.443 e. The average molecular weight is 307 g/mol. The van der Waals surface area contributed by atoms with Crippen LogP contribution >= 0.6 is 0 Å². The summed E-state index contributed by atoms with van der Waals surface area (Å²) < 4.78 is 35.5. The molecule has 1 aromatic heterocycles. The highest BCUT2D eigenvalue weighted by Crippen LogP contribution is 2.38. The molecule has 1 aliphatic heterocycles. The number of nitrogens with zero attached hydrogens (tertiary/aromatic N) is 3. The molecule has 1 aromatic carbocycles. The summed E-state index contributed by atoms with van der Waals surface area (Å²) in [5.41, 5.74) is 1.05. The van der Waals surface area contributed by atoms with Gasteiger partial charge in [0.25, 0.3) is 0 Å². The quantitative estimate of drug-likeness (QED) is 0.801. The van der Waals surface area contributed by atoms with Crippen molar-refractivity contribution in [2.75, 3.05) is 6.54 Å². The first-order valence-electron chi connectivity index (χ1n) is 6.87. The zero-order valence-electron chi connectivity index (χ0n) is 12.0. The Morgan fingerprint density at radius 2 is 2.14 bits per heavy atom. The molecule has 0 bridgehead atoms. The fraction of sp³-hybridized carbons (Fsp3) is 0.333. The molecular weight excluding hydrogens is 292 g/mol. The summed E-state index contributed by atoms with van der Waals surface area (Å²) in [7, 11) is 1.69. The number of aromatic nitrogens is 2. The Balaban J connectivity index is 1.75. The number of aryl methyl sites for hydroxylation is 1. The van der Waals surface area contributed by atoms with Crippen molar-refractivity contribution in [2.24, 2.45) is 7.05 Å². The third kappa shape index (κ3) is 2.43. The predicted octanol–water partition coefficient (Wildman–Crippen LogP) is 2.66. The summed E-state index contributed by atoms with van der Waals surface area (Å²) >= 11 is 0. The zero-order valence-corrected chi connectivity index (χ0v) is 12.0. The zero-order chi connectivity index (χ0) is 15.7. The molecule has 0 saturated heterocycles. The number of benzene rings is 1. The van der Waals surface area contributed by atoms with E-state index in [4.69, 9.17) is 4.74 Å². The van der Waals surface area contributed by atoms with Crippen LogP contribution in [0.2, 0.25) is 0 Å². The van der Waals surface area contributed by atoms with Crippen LogP contribution in [-0.4, -0.2) is 27.3 Å². The second-order valence-electron chi connectivity index (χ2n) is 5.10. The van der Waals surface area contributed by atoms with Gasteiger partial charge in [-0.05, 0) is 18.1 Å². The monoisotopic (exact) mass is 307 g/mol. The van der Waals surface area contributed by atoms with Gasteiger partial charge >= 0.3 is 12.1 Å². The maximum absolute atomic E-state index is 14.5. The van der Waals surface area contributed by atoms with Crippen LogP contribution in [0.1, 0.15) is 16.8 Å². The number of amides is 1. The SMILES string of the molecule is Cn1nccc1COC(=O)N1CCc2ccccc2C1(F)F. The van der Waals surface area contributed by atoms with Crippen LogP contribution in [0.4, 0.5) is 13.6 Å². The largest absolute Gasteiger partial charge is 0.443 e. The van der Waals surface area contributed by atoms with Crippen LogP contribution in [-0.2, 0) is 30.9 Å². The standard InChI is InChI=1S/C15H15F2N3O2/c1-19-12(6-8-18-19)10-22-14(21)20-9-7-11-4-2-3-5-13(11)15(20,16)17/h2-6,8H,7,9-10H2,1H3. The van der Waals surface area contributed by atoms with E-state index in [-0.39, 0.29) is 18.7 Å². The number of hydrogen-bond donors (Lipinski definition) is 0. The van der Waals surface area contributed by atoms with Gasteiger partial charge in [-0.3, -0.25) is 4.68 Å². The smallest absolute Gasteiger partial charge is 0.415 e. The lowest BCUT2D eigenvalue weighted by Gasteiger charge is -2.35. The molecule has 7 heteroatoms. The van der Waals surface area contributed by atoms with Gasteiger partial charge < -0.3 is 4.74 Å². The van der Waals surface area contributed by atoms with Crippen LogP contribution in [0.3, 0.4) is 0 Å². The lowest BCUT2D eigenvalue weighted by Crippen LogP contribution is -2.48. The third-order valence-corrected chi connectivity index (χ3v) is 3.77. The highest BCUT2D eigenvalue weighted by Gasteiger charge is 2.47. The van der Waals surface area contributed by atoms with E-state index in [9.17, 15) is 13.6 Å². The summed E-state index contributed by atoms with van der Waals surface area (Å²) in [4.78, 5) is 12.5. The molecule has 5 nitrogen and oxygen atoms in total. The van der Waals surface area contributed by atoms with Crippen LogP contribution < -0.4 is 0 Å². The van der Waals surface area contributed by atoms with E-state index in [1.165, 1.54) is 16.8 Å². The number of carbonyl (C=O) groups excluding carboxylic acids is 1. The van der Waals surface area contributed by atoms with Crippen molar-refractivity contribution >= 4 is 6.09 Å². The Morgan fingerprint density at radius 1 is 1.36 bits per heavy atom. The maximum Gasteiger partial charge on any atom is 0.415 e. The lowest BCUT2D eigenvalue weighted by molar-refractivity contribution is -0.146. The molecule has 0 fully saturated rings. The Kier molecular flexibility index (Phi) is 3.56. The average Bonchev–Trinajstić information content (AvgIpc) is 2.90. The summed E-state index contributed by atoms with van der Waals surface area (Å²) in [6.07, 6.45) is 0.905. The van der Waals surface area contributed by atoms with E-state index in [1.54, 1.807) is 31.4 Å². The van der Waals surface area contributed by atoms with Crippen molar-refractivity contribution in [3.63, 3.8) is 0 Å². The highest BCUT2D eigenvalue weighted by atomic mass is 19.3. The number of fused-ring (bicyclic) bond motifs is 1. The maximum atomic E-state index is 14.5. The topological polar surface area (TPSA) is 47.4 Å². The molecule has 0 unspecified atom stereocenters. The Bertz CT molecular complexity index is 700. The Morgan fingerprint density at radius 3 is 2.86 bits per heavy atom. The first-order chi connectivity index (χ1) is 10.5. The van der Waals surface area contributed by atoms with Crippen LogP contribution in [0.25, 0.3) is 0 Å². The number of rotatable bonds is 2. The van der Waals surface area contributed by atoms with E-state index >= 15 is 0 Å². The van der Waals surface area contributed by atoms with Gasteiger partial charge in [0.1, 0.15) is 6.61 Å². The molecule has 1 aliphatic rings. The molecule has 0 spiro atoms. The third-order valence-electron chi connectivity index (χ3n) is 3.77. The number of alkyl halides is 2. The van der Waals surface area contributed by atoms with E-state index < -0.39 is 12.1 Å². The van der Waals surface area contributed by atoms with Gasteiger partial charge in [0.2, 0.25) is 0 Å². The molecule has 0 saturated carbocycles. The van der Waals surface area contributed by atoms with Gasteiger partial charge in [-0.2, -0.15) is 13.9 Å². The number of carbonyl (C=O) groups is 1. The predicted molar refractivity (Wildman–Crippen MR) is 74.1 cm³/mol. The van der Waals surface area contributed by atoms with Gasteiger partial charge in [0, 0.05) is 25.4 Å². The van der Waals surface area contributed by atoms with Gasteiger partial charge in [0.05, 0.1) is 5.69 Å². The highest BCUT2D eigenvalue weighted by molar-refractivity contribution is 5.69.